The molecular formula is C28H32O16. The predicted molar refractivity (Wildman–Crippen MR) is 145 cm³/mol. The number of methoxy groups -OCH3 is 1. The lowest BCUT2D eigenvalue weighted by Gasteiger charge is -2.39. The molecule has 0 saturated carbocycles. The Morgan fingerprint density at radius 1 is 0.773 bits per heavy atom. The van der Waals surface area contributed by atoms with Crippen molar-refractivity contribution in [1.82, 2.24) is 0 Å². The summed E-state index contributed by atoms with van der Waals surface area (Å²) in [7, 11) is 1.18. The Bertz CT molecular complexity index is 1500. The van der Waals surface area contributed by atoms with Crippen LogP contribution in [0.15, 0.2) is 45.8 Å². The molecule has 0 aliphatic carbocycles. The Morgan fingerprint density at radius 2 is 1.32 bits per heavy atom. The van der Waals surface area contributed by atoms with Gasteiger partial charge in [0.25, 0.3) is 0 Å². The van der Waals surface area contributed by atoms with Crippen molar-refractivity contribution < 1.29 is 74.1 Å². The fourth-order valence-electron chi connectivity index (χ4n) is 5.01. The van der Waals surface area contributed by atoms with E-state index in [0.29, 0.717) is 5.56 Å². The van der Waals surface area contributed by atoms with Gasteiger partial charge in [-0.15, -0.1) is 0 Å². The van der Waals surface area contributed by atoms with Gasteiger partial charge in [-0.1, -0.05) is 12.1 Å². The van der Waals surface area contributed by atoms with Crippen LogP contribution >= 0.6 is 0 Å². The number of aromatic hydroxyl groups is 1. The molecule has 2 saturated heterocycles. The second kappa shape index (κ2) is 12.8. The fourth-order valence-corrected chi connectivity index (χ4v) is 5.01. The van der Waals surface area contributed by atoms with E-state index in [0.717, 1.165) is 6.26 Å². The van der Waals surface area contributed by atoms with Gasteiger partial charge in [-0.2, -0.15) is 0 Å². The molecule has 16 heteroatoms. The van der Waals surface area contributed by atoms with E-state index < -0.39 is 85.8 Å². The van der Waals surface area contributed by atoms with Crippen molar-refractivity contribution in [3.05, 3.63) is 46.8 Å². The number of benzene rings is 2. The third kappa shape index (κ3) is 5.68. The molecule has 0 bridgehead atoms. The van der Waals surface area contributed by atoms with Crippen LogP contribution in [0.2, 0.25) is 0 Å². The topological polar surface area (TPSA) is 258 Å². The minimum absolute atomic E-state index is 0.0249. The van der Waals surface area contributed by atoms with Crippen molar-refractivity contribution in [3.63, 3.8) is 0 Å². The van der Waals surface area contributed by atoms with Crippen LogP contribution in [0.4, 0.5) is 0 Å². The van der Waals surface area contributed by atoms with Crippen molar-refractivity contribution in [2.24, 2.45) is 0 Å². The molecular weight excluding hydrogens is 592 g/mol. The van der Waals surface area contributed by atoms with E-state index in [1.807, 2.05) is 0 Å². The van der Waals surface area contributed by atoms with Crippen molar-refractivity contribution in [2.75, 3.05) is 20.3 Å². The maximum atomic E-state index is 13.5. The van der Waals surface area contributed by atoms with Crippen LogP contribution in [0.25, 0.3) is 22.1 Å². The highest BCUT2D eigenvalue weighted by Gasteiger charge is 2.46. The highest BCUT2D eigenvalue weighted by Crippen LogP contribution is 2.43. The minimum Gasteiger partial charge on any atom is -0.504 e. The number of aliphatic hydroxyl groups is 8. The largest absolute Gasteiger partial charge is 0.504 e. The van der Waals surface area contributed by atoms with E-state index in [9.17, 15) is 50.8 Å². The molecule has 3 heterocycles. The summed E-state index contributed by atoms with van der Waals surface area (Å²) in [5, 5.41) is 90.0. The van der Waals surface area contributed by atoms with Crippen LogP contribution < -0.4 is 19.6 Å². The molecule has 10 atom stereocenters. The Kier molecular flexibility index (Phi) is 9.28. The molecule has 16 nitrogen and oxygen atoms in total. The normalized spacial score (nSPS) is 32.4. The third-order valence-electron chi connectivity index (χ3n) is 7.52. The molecule has 10 unspecified atom stereocenters. The summed E-state index contributed by atoms with van der Waals surface area (Å²) in [6, 6.07) is 7.00. The van der Waals surface area contributed by atoms with Gasteiger partial charge < -0.3 is 74.1 Å². The first kappa shape index (κ1) is 31.9. The van der Waals surface area contributed by atoms with Crippen LogP contribution in [0.1, 0.15) is 0 Å². The number of ether oxygens (including phenoxy) is 5. The van der Waals surface area contributed by atoms with Crippen LogP contribution in [-0.2, 0) is 9.47 Å². The highest BCUT2D eigenvalue weighted by molar-refractivity contribution is 5.91. The minimum atomic E-state index is -1.75. The lowest BCUT2D eigenvalue weighted by molar-refractivity contribution is -0.277. The molecule has 240 valence electrons. The molecule has 44 heavy (non-hydrogen) atoms. The summed E-state index contributed by atoms with van der Waals surface area (Å²) >= 11 is 0. The Labute approximate surface area is 248 Å². The molecule has 2 aliphatic rings. The lowest BCUT2D eigenvalue weighted by Crippen LogP contribution is -2.60. The molecule has 5 rings (SSSR count). The summed E-state index contributed by atoms with van der Waals surface area (Å²) < 4.78 is 32.7. The Morgan fingerprint density at radius 3 is 1.84 bits per heavy atom. The SMILES string of the molecule is COc1c(OC2OC(CO)C(O)C(O)C2O)cc2occ(-c3ccc(OC4OC(CO)C(O)C(O)C4O)cc3)c(=O)c2c1O. The van der Waals surface area contributed by atoms with Gasteiger partial charge in [-0.25, -0.2) is 0 Å². The third-order valence-corrected chi connectivity index (χ3v) is 7.52. The number of fused-ring (bicyclic) bond motifs is 1. The quantitative estimate of drug-likeness (QED) is 0.126. The average molecular weight is 625 g/mol. The van der Waals surface area contributed by atoms with Gasteiger partial charge in [-0.05, 0) is 17.7 Å². The van der Waals surface area contributed by atoms with Crippen LogP contribution in [0, 0.1) is 0 Å². The lowest BCUT2D eigenvalue weighted by atomic mass is 9.99. The number of hydrogen-bond acceptors (Lipinski definition) is 16. The van der Waals surface area contributed by atoms with Crippen molar-refractivity contribution in [2.45, 2.75) is 61.4 Å². The Hall–Kier alpha value is -3.55. The number of phenolic OH excluding ortho intramolecular Hbond substituents is 1. The summed E-state index contributed by atoms with van der Waals surface area (Å²) in [6.45, 7) is -1.32. The monoisotopic (exact) mass is 624 g/mol. The van der Waals surface area contributed by atoms with Crippen molar-refractivity contribution in [1.29, 1.82) is 0 Å². The summed E-state index contributed by atoms with van der Waals surface area (Å²) in [6.07, 6.45) is -14.2. The van der Waals surface area contributed by atoms with E-state index >= 15 is 0 Å². The predicted octanol–water partition coefficient (Wildman–Crippen LogP) is -2.47. The Balaban J connectivity index is 1.41. The molecule has 2 fully saturated rings. The van der Waals surface area contributed by atoms with Crippen molar-refractivity contribution in [3.8, 4) is 34.1 Å². The molecule has 9 N–H and O–H groups in total. The highest BCUT2D eigenvalue weighted by atomic mass is 16.7. The van der Waals surface area contributed by atoms with Gasteiger partial charge in [0, 0.05) is 6.07 Å². The zero-order valence-corrected chi connectivity index (χ0v) is 23.0. The van der Waals surface area contributed by atoms with E-state index in [1.54, 1.807) is 0 Å². The smallest absolute Gasteiger partial charge is 0.229 e. The average Bonchev–Trinajstić information content (AvgIpc) is 3.02. The first-order valence-electron chi connectivity index (χ1n) is 13.4. The van der Waals surface area contributed by atoms with E-state index in [2.05, 4.69) is 0 Å². The molecule has 0 amide bonds. The summed E-state index contributed by atoms with van der Waals surface area (Å²) in [4.78, 5) is 13.5. The second-order valence-corrected chi connectivity index (χ2v) is 10.3. The fraction of sp³-hybridized carbons (Fsp3) is 0.464. The van der Waals surface area contributed by atoms with Crippen LogP contribution in [-0.4, -0.2) is 128 Å². The van der Waals surface area contributed by atoms with Crippen LogP contribution in [0.3, 0.4) is 0 Å². The van der Waals surface area contributed by atoms with E-state index in [-0.39, 0.29) is 33.8 Å². The number of hydrogen-bond donors (Lipinski definition) is 9. The van der Waals surface area contributed by atoms with Crippen molar-refractivity contribution >= 4 is 11.0 Å². The molecule has 3 aromatic rings. The van der Waals surface area contributed by atoms with Gasteiger partial charge in [0.05, 0.1) is 25.9 Å². The first-order chi connectivity index (χ1) is 21.0. The first-order valence-corrected chi connectivity index (χ1v) is 13.4. The van der Waals surface area contributed by atoms with E-state index in [4.69, 9.17) is 28.1 Å². The second-order valence-electron chi connectivity index (χ2n) is 10.3. The summed E-state index contributed by atoms with van der Waals surface area (Å²) in [5.74, 6) is -1.08. The van der Waals surface area contributed by atoms with Gasteiger partial charge in [0.15, 0.2) is 11.5 Å². The van der Waals surface area contributed by atoms with Gasteiger partial charge >= 0.3 is 0 Å². The zero-order valence-electron chi connectivity index (χ0n) is 23.0. The molecule has 1 aromatic heterocycles. The maximum Gasteiger partial charge on any atom is 0.229 e. The molecule has 0 radical (unpaired) electrons. The zero-order chi connectivity index (χ0) is 31.9. The summed E-state index contributed by atoms with van der Waals surface area (Å²) in [5.41, 5.74) is -0.443. The van der Waals surface area contributed by atoms with Gasteiger partial charge in [0.1, 0.15) is 71.8 Å². The number of rotatable bonds is 8. The maximum absolute atomic E-state index is 13.5. The molecule has 0 spiro atoms. The van der Waals surface area contributed by atoms with Gasteiger partial charge in [-0.3, -0.25) is 4.79 Å². The van der Waals surface area contributed by atoms with Crippen LogP contribution in [0.5, 0.6) is 23.0 Å². The standard InChI is InChI=1S/C28H32O16/c1-39-26-14(42-28-25(38)23(36)20(33)16(8-30)44-28)6-13-17(21(26)34)18(31)12(9-40-13)10-2-4-11(5-3-10)41-27-24(37)22(35)19(32)15(7-29)43-27/h2-6,9,15-16,19-20,22-25,27-30,32-38H,7-8H2,1H3. The number of phenols is 1. The van der Waals surface area contributed by atoms with Gasteiger partial charge in [0.2, 0.25) is 23.8 Å². The number of aliphatic hydroxyl groups excluding tert-OH is 8. The molecule has 2 aromatic carbocycles. The molecule has 2 aliphatic heterocycles. The van der Waals surface area contributed by atoms with E-state index in [1.165, 1.54) is 37.4 Å².